The van der Waals surface area contributed by atoms with E-state index in [1.807, 2.05) is 13.0 Å². The Bertz CT molecular complexity index is 392. The van der Waals surface area contributed by atoms with Crippen molar-refractivity contribution in [3.8, 4) is 0 Å². The Balaban J connectivity index is 2.23. The van der Waals surface area contributed by atoms with Gasteiger partial charge >= 0.3 is 5.97 Å². The van der Waals surface area contributed by atoms with Crippen LogP contribution in [0.3, 0.4) is 0 Å². The van der Waals surface area contributed by atoms with Crippen LogP contribution in [0.5, 0.6) is 0 Å². The van der Waals surface area contributed by atoms with Gasteiger partial charge < -0.3 is 10.1 Å². The summed E-state index contributed by atoms with van der Waals surface area (Å²) in [6.07, 6.45) is 7.06. The molecular weight excluding hydrogens is 242 g/mol. The van der Waals surface area contributed by atoms with Crippen molar-refractivity contribution in [2.75, 3.05) is 6.61 Å². The van der Waals surface area contributed by atoms with Crippen LogP contribution in [0.25, 0.3) is 0 Å². The van der Waals surface area contributed by atoms with E-state index in [4.69, 9.17) is 4.74 Å². The summed E-state index contributed by atoms with van der Waals surface area (Å²) in [6, 6.07) is -0.452. The Morgan fingerprint density at radius 3 is 2.68 bits per heavy atom. The second-order valence-corrected chi connectivity index (χ2v) is 5.16. The molecule has 1 aliphatic heterocycles. The first-order valence-corrected chi connectivity index (χ1v) is 6.74. The SMILES string of the molecule is CC(C)=CCC/C(C)=C\COC(=O)[C@H]1CCC(=O)N1. The largest absolute Gasteiger partial charge is 0.460 e. The second kappa shape index (κ2) is 7.77. The zero-order chi connectivity index (χ0) is 14.3. The van der Waals surface area contributed by atoms with Gasteiger partial charge in [0.15, 0.2) is 0 Å². The molecule has 0 aliphatic carbocycles. The monoisotopic (exact) mass is 265 g/mol. The van der Waals surface area contributed by atoms with Gasteiger partial charge in [0.25, 0.3) is 0 Å². The highest BCUT2D eigenvalue weighted by molar-refractivity contribution is 5.88. The molecule has 1 atom stereocenters. The van der Waals surface area contributed by atoms with Gasteiger partial charge in [-0.2, -0.15) is 0 Å². The summed E-state index contributed by atoms with van der Waals surface area (Å²) in [5, 5.41) is 2.60. The summed E-state index contributed by atoms with van der Waals surface area (Å²) in [5.41, 5.74) is 2.52. The summed E-state index contributed by atoms with van der Waals surface area (Å²) in [6.45, 7) is 6.48. The summed E-state index contributed by atoms with van der Waals surface area (Å²) < 4.78 is 5.13. The molecule has 1 heterocycles. The Morgan fingerprint density at radius 1 is 1.37 bits per heavy atom. The maximum absolute atomic E-state index is 11.6. The average molecular weight is 265 g/mol. The average Bonchev–Trinajstić information content (AvgIpc) is 2.75. The lowest BCUT2D eigenvalue weighted by molar-refractivity contribution is -0.145. The van der Waals surface area contributed by atoms with Crippen LogP contribution >= 0.6 is 0 Å². The quantitative estimate of drug-likeness (QED) is 0.593. The highest BCUT2D eigenvalue weighted by Crippen LogP contribution is 2.09. The van der Waals surface area contributed by atoms with E-state index in [0.29, 0.717) is 12.8 Å². The van der Waals surface area contributed by atoms with Crippen LogP contribution in [-0.4, -0.2) is 24.5 Å². The standard InChI is InChI=1S/C15H23NO3/c1-11(2)5-4-6-12(3)9-10-19-15(18)13-7-8-14(17)16-13/h5,9,13H,4,6-8,10H2,1-3H3,(H,16,17)/b12-9-/t13-/m1/s1. The third kappa shape index (κ3) is 6.22. The fraction of sp³-hybridized carbons (Fsp3) is 0.600. The molecule has 1 saturated heterocycles. The molecule has 4 heteroatoms. The van der Waals surface area contributed by atoms with Crippen LogP contribution in [0.4, 0.5) is 0 Å². The molecule has 0 aromatic heterocycles. The van der Waals surface area contributed by atoms with Crippen LogP contribution in [0.2, 0.25) is 0 Å². The van der Waals surface area contributed by atoms with E-state index < -0.39 is 6.04 Å². The Labute approximate surface area is 114 Å². The molecule has 0 aromatic rings. The number of ether oxygens (including phenoxy) is 1. The van der Waals surface area contributed by atoms with Gasteiger partial charge in [-0.15, -0.1) is 0 Å². The molecule has 0 spiro atoms. The molecule has 1 N–H and O–H groups in total. The van der Waals surface area contributed by atoms with Gasteiger partial charge in [0.2, 0.25) is 5.91 Å². The van der Waals surface area contributed by atoms with E-state index in [1.54, 1.807) is 0 Å². The van der Waals surface area contributed by atoms with Gasteiger partial charge in [-0.05, 0) is 46.1 Å². The van der Waals surface area contributed by atoms with Crippen LogP contribution < -0.4 is 5.32 Å². The first-order chi connectivity index (χ1) is 8.99. The highest BCUT2D eigenvalue weighted by Gasteiger charge is 2.28. The fourth-order valence-electron chi connectivity index (χ4n) is 1.85. The predicted molar refractivity (Wildman–Crippen MR) is 74.5 cm³/mol. The zero-order valence-corrected chi connectivity index (χ0v) is 12.0. The van der Waals surface area contributed by atoms with Crippen molar-refractivity contribution in [1.29, 1.82) is 0 Å². The van der Waals surface area contributed by atoms with E-state index in [9.17, 15) is 9.59 Å². The lowest BCUT2D eigenvalue weighted by Gasteiger charge is -2.08. The molecule has 0 bridgehead atoms. The van der Waals surface area contributed by atoms with Crippen molar-refractivity contribution in [3.63, 3.8) is 0 Å². The summed E-state index contributed by atoms with van der Waals surface area (Å²) >= 11 is 0. The Morgan fingerprint density at radius 2 is 2.11 bits per heavy atom. The number of hydrogen-bond donors (Lipinski definition) is 1. The first-order valence-electron chi connectivity index (χ1n) is 6.74. The minimum absolute atomic E-state index is 0.0737. The van der Waals surface area contributed by atoms with Gasteiger partial charge in [0, 0.05) is 6.42 Å². The highest BCUT2D eigenvalue weighted by atomic mass is 16.5. The van der Waals surface area contributed by atoms with E-state index in [0.717, 1.165) is 12.8 Å². The lowest BCUT2D eigenvalue weighted by atomic mass is 10.1. The minimum atomic E-state index is -0.452. The van der Waals surface area contributed by atoms with Crippen LogP contribution in [0.1, 0.15) is 46.5 Å². The molecule has 1 aliphatic rings. The van der Waals surface area contributed by atoms with Crippen molar-refractivity contribution in [1.82, 2.24) is 5.32 Å². The van der Waals surface area contributed by atoms with Crippen molar-refractivity contribution in [2.24, 2.45) is 0 Å². The Kier molecular flexibility index (Phi) is 6.33. The van der Waals surface area contributed by atoms with E-state index >= 15 is 0 Å². The summed E-state index contributed by atoms with van der Waals surface area (Å²) in [7, 11) is 0. The third-order valence-electron chi connectivity index (χ3n) is 3.03. The fourth-order valence-corrected chi connectivity index (χ4v) is 1.85. The number of rotatable bonds is 6. The molecule has 0 aromatic carbocycles. The van der Waals surface area contributed by atoms with Crippen LogP contribution in [-0.2, 0) is 14.3 Å². The number of esters is 1. The molecule has 0 saturated carbocycles. The van der Waals surface area contributed by atoms with E-state index in [2.05, 4.69) is 25.2 Å². The maximum Gasteiger partial charge on any atom is 0.328 e. The number of hydrogen-bond acceptors (Lipinski definition) is 3. The minimum Gasteiger partial charge on any atom is -0.460 e. The molecule has 1 fully saturated rings. The van der Waals surface area contributed by atoms with E-state index in [1.165, 1.54) is 11.1 Å². The van der Waals surface area contributed by atoms with Crippen molar-refractivity contribution < 1.29 is 14.3 Å². The van der Waals surface area contributed by atoms with Gasteiger partial charge in [0.05, 0.1) is 0 Å². The zero-order valence-electron chi connectivity index (χ0n) is 12.0. The van der Waals surface area contributed by atoms with Crippen LogP contribution in [0, 0.1) is 0 Å². The van der Waals surface area contributed by atoms with Gasteiger partial charge in [-0.25, -0.2) is 4.79 Å². The number of allylic oxidation sites excluding steroid dienone is 3. The van der Waals surface area contributed by atoms with Crippen molar-refractivity contribution in [2.45, 2.75) is 52.5 Å². The molecule has 4 nitrogen and oxygen atoms in total. The molecule has 106 valence electrons. The topological polar surface area (TPSA) is 55.4 Å². The van der Waals surface area contributed by atoms with Crippen LogP contribution in [0.15, 0.2) is 23.3 Å². The van der Waals surface area contributed by atoms with Gasteiger partial charge in [-0.1, -0.05) is 17.2 Å². The number of carbonyl (C=O) groups is 2. The smallest absolute Gasteiger partial charge is 0.328 e. The molecule has 1 amide bonds. The molecule has 0 unspecified atom stereocenters. The third-order valence-corrected chi connectivity index (χ3v) is 3.03. The molecular formula is C15H23NO3. The molecule has 1 rings (SSSR count). The van der Waals surface area contributed by atoms with Gasteiger partial charge in [0.1, 0.15) is 12.6 Å². The van der Waals surface area contributed by atoms with E-state index in [-0.39, 0.29) is 18.5 Å². The normalized spacial score (nSPS) is 19.0. The lowest BCUT2D eigenvalue weighted by Crippen LogP contribution is -2.34. The maximum atomic E-state index is 11.6. The first kappa shape index (κ1) is 15.5. The predicted octanol–water partition coefficient (Wildman–Crippen LogP) is 2.50. The van der Waals surface area contributed by atoms with Crippen molar-refractivity contribution in [3.05, 3.63) is 23.3 Å². The summed E-state index contributed by atoms with van der Waals surface area (Å²) in [4.78, 5) is 22.6. The summed E-state index contributed by atoms with van der Waals surface area (Å²) in [5.74, 6) is -0.408. The van der Waals surface area contributed by atoms with Crippen molar-refractivity contribution >= 4 is 11.9 Å². The Hall–Kier alpha value is -1.58. The molecule has 0 radical (unpaired) electrons. The number of nitrogens with one attached hydrogen (secondary N) is 1. The van der Waals surface area contributed by atoms with Gasteiger partial charge in [-0.3, -0.25) is 4.79 Å². The molecule has 19 heavy (non-hydrogen) atoms. The number of amides is 1. The number of carbonyl (C=O) groups excluding carboxylic acids is 2. The second-order valence-electron chi connectivity index (χ2n) is 5.16.